The molecule has 0 aliphatic carbocycles. The van der Waals surface area contributed by atoms with Gasteiger partial charge in [-0.1, -0.05) is 6.92 Å². The van der Waals surface area contributed by atoms with Gasteiger partial charge in [-0.2, -0.15) is 0 Å². The Kier molecular flexibility index (Phi) is 3.90. The Morgan fingerprint density at radius 1 is 1.37 bits per heavy atom. The summed E-state index contributed by atoms with van der Waals surface area (Å²) in [7, 11) is 0. The second kappa shape index (κ2) is 5.44. The van der Waals surface area contributed by atoms with E-state index in [1.807, 2.05) is 20.8 Å². The number of hydrogen-bond donors (Lipinski definition) is 1. The quantitative estimate of drug-likeness (QED) is 0.926. The molecule has 0 aliphatic heterocycles. The van der Waals surface area contributed by atoms with Crippen LogP contribution in [0.25, 0.3) is 0 Å². The number of aromatic carboxylic acids is 1. The molecule has 5 nitrogen and oxygen atoms in total. The topological polar surface area (TPSA) is 76.2 Å². The number of carbonyl (C=O) groups is 1. The number of pyridine rings is 1. The first-order valence-electron chi connectivity index (χ1n) is 5.85. The molecule has 0 unspecified atom stereocenters. The molecule has 0 spiro atoms. The molecular weight excluding hydrogens is 264 g/mol. The first kappa shape index (κ1) is 13.6. The highest BCUT2D eigenvalue weighted by Crippen LogP contribution is 2.28. The highest BCUT2D eigenvalue weighted by Gasteiger charge is 2.12. The summed E-state index contributed by atoms with van der Waals surface area (Å²) in [6, 6.07) is 3.11. The number of hydrogen-bond acceptors (Lipinski definition) is 5. The number of carboxylic acid groups (broad SMARTS) is 1. The maximum absolute atomic E-state index is 11.1. The van der Waals surface area contributed by atoms with E-state index in [9.17, 15) is 4.79 Å². The molecule has 2 aromatic heterocycles. The van der Waals surface area contributed by atoms with E-state index in [2.05, 4.69) is 9.97 Å². The Morgan fingerprint density at radius 3 is 2.63 bits per heavy atom. The average molecular weight is 278 g/mol. The van der Waals surface area contributed by atoms with Crippen LogP contribution in [0.2, 0.25) is 0 Å². The molecule has 6 heteroatoms. The molecule has 0 aliphatic rings. The summed E-state index contributed by atoms with van der Waals surface area (Å²) in [5.41, 5.74) is 1.80. The van der Waals surface area contributed by atoms with E-state index in [4.69, 9.17) is 9.52 Å². The van der Waals surface area contributed by atoms with Crippen molar-refractivity contribution in [3.8, 4) is 0 Å². The van der Waals surface area contributed by atoms with Crippen molar-refractivity contribution < 1.29 is 14.3 Å². The molecule has 0 saturated heterocycles. The van der Waals surface area contributed by atoms with Crippen molar-refractivity contribution in [1.29, 1.82) is 0 Å². The summed E-state index contributed by atoms with van der Waals surface area (Å²) in [4.78, 5) is 19.7. The van der Waals surface area contributed by atoms with E-state index >= 15 is 0 Å². The van der Waals surface area contributed by atoms with Crippen LogP contribution in [-0.4, -0.2) is 21.0 Å². The largest absolute Gasteiger partial charge is 0.478 e. The molecule has 0 saturated carbocycles. The number of oxazole rings is 1. The molecule has 100 valence electrons. The monoisotopic (exact) mass is 278 g/mol. The Bertz CT molecular complexity index is 603. The summed E-state index contributed by atoms with van der Waals surface area (Å²) in [5, 5.41) is 10.1. The minimum atomic E-state index is -0.960. The zero-order chi connectivity index (χ0) is 14.0. The van der Waals surface area contributed by atoms with Crippen molar-refractivity contribution in [2.24, 2.45) is 0 Å². The highest BCUT2D eigenvalue weighted by atomic mass is 32.2. The van der Waals surface area contributed by atoms with Crippen LogP contribution >= 0.6 is 11.8 Å². The molecule has 0 bridgehead atoms. The standard InChI is InChI=1S/C13H14N2O3S/c1-4-10-5-9(12(16)17)6-11(15-10)19-13-14-7(2)8(3)18-13/h5-6H,4H2,1-3H3,(H,16,17). The molecule has 2 rings (SSSR count). The van der Waals surface area contributed by atoms with E-state index in [-0.39, 0.29) is 5.56 Å². The van der Waals surface area contributed by atoms with Crippen molar-refractivity contribution in [3.63, 3.8) is 0 Å². The molecule has 2 aromatic rings. The van der Waals surface area contributed by atoms with Crippen molar-refractivity contribution in [2.75, 3.05) is 0 Å². The fraction of sp³-hybridized carbons (Fsp3) is 0.308. The lowest BCUT2D eigenvalue weighted by atomic mass is 10.2. The molecule has 0 fully saturated rings. The molecular formula is C13H14N2O3S. The van der Waals surface area contributed by atoms with E-state index in [0.717, 1.165) is 17.1 Å². The van der Waals surface area contributed by atoms with Crippen LogP contribution in [0.1, 0.15) is 34.4 Å². The van der Waals surface area contributed by atoms with Crippen LogP contribution in [0.3, 0.4) is 0 Å². The molecule has 0 atom stereocenters. The van der Waals surface area contributed by atoms with E-state index < -0.39 is 5.97 Å². The van der Waals surface area contributed by atoms with Gasteiger partial charge in [0.15, 0.2) is 0 Å². The smallest absolute Gasteiger partial charge is 0.335 e. The van der Waals surface area contributed by atoms with Gasteiger partial charge >= 0.3 is 5.97 Å². The lowest BCUT2D eigenvalue weighted by Gasteiger charge is -2.03. The van der Waals surface area contributed by atoms with Crippen LogP contribution in [-0.2, 0) is 6.42 Å². The number of nitrogens with zero attached hydrogens (tertiary/aromatic N) is 2. The van der Waals surface area contributed by atoms with Gasteiger partial charge in [-0.05, 0) is 44.2 Å². The first-order chi connectivity index (χ1) is 8.99. The van der Waals surface area contributed by atoms with Gasteiger partial charge in [0.25, 0.3) is 5.22 Å². The number of aryl methyl sites for hydroxylation is 3. The van der Waals surface area contributed by atoms with Gasteiger partial charge in [0.2, 0.25) is 0 Å². The Morgan fingerprint density at radius 2 is 2.11 bits per heavy atom. The van der Waals surface area contributed by atoms with Crippen molar-refractivity contribution in [3.05, 3.63) is 34.8 Å². The molecule has 0 amide bonds. The zero-order valence-electron chi connectivity index (χ0n) is 10.9. The fourth-order valence-corrected chi connectivity index (χ4v) is 2.37. The van der Waals surface area contributed by atoms with Crippen molar-refractivity contribution in [2.45, 2.75) is 37.4 Å². The van der Waals surface area contributed by atoms with E-state index in [0.29, 0.717) is 16.7 Å². The number of rotatable bonds is 4. The van der Waals surface area contributed by atoms with E-state index in [1.54, 1.807) is 6.07 Å². The predicted octanol–water partition coefficient (Wildman–Crippen LogP) is 3.10. The Hall–Kier alpha value is -1.82. The second-order valence-electron chi connectivity index (χ2n) is 4.07. The molecule has 0 radical (unpaired) electrons. The van der Waals surface area contributed by atoms with Gasteiger partial charge in [-0.25, -0.2) is 14.8 Å². The third-order valence-corrected chi connectivity index (χ3v) is 3.43. The van der Waals surface area contributed by atoms with Gasteiger partial charge in [0, 0.05) is 5.69 Å². The van der Waals surface area contributed by atoms with Crippen LogP contribution in [0.5, 0.6) is 0 Å². The molecule has 2 heterocycles. The van der Waals surface area contributed by atoms with Gasteiger partial charge in [0.1, 0.15) is 10.8 Å². The number of aromatic nitrogens is 2. The van der Waals surface area contributed by atoms with Gasteiger partial charge in [-0.15, -0.1) is 0 Å². The average Bonchev–Trinajstić information content (AvgIpc) is 2.67. The van der Waals surface area contributed by atoms with Crippen LogP contribution in [0, 0.1) is 13.8 Å². The summed E-state index contributed by atoms with van der Waals surface area (Å²) in [5.74, 6) is -0.202. The fourth-order valence-electron chi connectivity index (χ4n) is 1.49. The third-order valence-electron chi connectivity index (χ3n) is 2.66. The summed E-state index contributed by atoms with van der Waals surface area (Å²) in [6.45, 7) is 5.63. The Labute approximate surface area is 115 Å². The lowest BCUT2D eigenvalue weighted by molar-refractivity contribution is 0.0696. The van der Waals surface area contributed by atoms with Gasteiger partial charge in [-0.3, -0.25) is 0 Å². The van der Waals surface area contributed by atoms with Crippen molar-refractivity contribution >= 4 is 17.7 Å². The highest BCUT2D eigenvalue weighted by molar-refractivity contribution is 7.99. The predicted molar refractivity (Wildman–Crippen MR) is 70.7 cm³/mol. The van der Waals surface area contributed by atoms with E-state index in [1.165, 1.54) is 17.8 Å². The summed E-state index contributed by atoms with van der Waals surface area (Å²) >= 11 is 1.23. The minimum absolute atomic E-state index is 0.231. The molecule has 0 aromatic carbocycles. The lowest BCUT2D eigenvalue weighted by Crippen LogP contribution is -2.00. The maximum Gasteiger partial charge on any atom is 0.335 e. The maximum atomic E-state index is 11.1. The second-order valence-corrected chi connectivity index (χ2v) is 5.04. The van der Waals surface area contributed by atoms with Gasteiger partial charge < -0.3 is 9.52 Å². The minimum Gasteiger partial charge on any atom is -0.478 e. The molecule has 19 heavy (non-hydrogen) atoms. The summed E-state index contributed by atoms with van der Waals surface area (Å²) in [6.07, 6.45) is 0.679. The number of carboxylic acids is 1. The van der Waals surface area contributed by atoms with Crippen LogP contribution in [0.4, 0.5) is 0 Å². The SMILES string of the molecule is CCc1cc(C(=O)O)cc(Sc2nc(C)c(C)o2)n1. The Balaban J connectivity index is 2.33. The normalized spacial score (nSPS) is 10.7. The van der Waals surface area contributed by atoms with Crippen molar-refractivity contribution in [1.82, 2.24) is 9.97 Å². The first-order valence-corrected chi connectivity index (χ1v) is 6.67. The zero-order valence-corrected chi connectivity index (χ0v) is 11.7. The summed E-state index contributed by atoms with van der Waals surface area (Å²) < 4.78 is 5.46. The van der Waals surface area contributed by atoms with Gasteiger partial charge in [0.05, 0.1) is 11.3 Å². The van der Waals surface area contributed by atoms with Crippen LogP contribution < -0.4 is 0 Å². The molecule has 1 N–H and O–H groups in total. The third kappa shape index (κ3) is 3.14. The van der Waals surface area contributed by atoms with Crippen LogP contribution in [0.15, 0.2) is 26.8 Å².